The number of phosphoric acid groups is 2. The Balaban J connectivity index is 4.48. The molecule has 0 fully saturated rings. The molecule has 0 saturated heterocycles. The van der Waals surface area contributed by atoms with E-state index in [4.69, 9.17) is 32.3 Å². The number of aliphatic hydroxyl groups excluding tert-OH is 2. The molecule has 18 heteroatoms. The monoisotopic (exact) mass is 1400 g/mol. The van der Waals surface area contributed by atoms with Gasteiger partial charge in [0.25, 0.3) is 0 Å². The normalized spacial score (nSPS) is 14.8. The van der Waals surface area contributed by atoms with Crippen LogP contribution in [-0.2, 0) is 55.8 Å². The molecule has 0 aromatic heterocycles. The number of ether oxygens (including phenoxy) is 3. The van der Waals surface area contributed by atoms with E-state index in [1.54, 1.807) is 0 Å². The van der Waals surface area contributed by atoms with Crippen molar-refractivity contribution in [1.29, 1.82) is 0 Å². The molecule has 0 rings (SSSR count). The average molecular weight is 1400 g/mol. The van der Waals surface area contributed by atoms with Crippen molar-refractivity contribution in [2.24, 2.45) is 0 Å². The lowest BCUT2D eigenvalue weighted by Crippen LogP contribution is -2.30. The summed E-state index contributed by atoms with van der Waals surface area (Å²) in [7, 11) is -9.78. The molecule has 558 valence electrons. The van der Waals surface area contributed by atoms with Gasteiger partial charge >= 0.3 is 33.6 Å². The summed E-state index contributed by atoms with van der Waals surface area (Å²) in [5, 5.41) is 20.6. The third-order valence-corrected chi connectivity index (χ3v) is 17.6. The van der Waals surface area contributed by atoms with Crippen molar-refractivity contribution >= 4 is 33.6 Å². The van der Waals surface area contributed by atoms with Gasteiger partial charge in [0.1, 0.15) is 25.4 Å². The van der Waals surface area contributed by atoms with Gasteiger partial charge in [0.05, 0.1) is 26.4 Å². The van der Waals surface area contributed by atoms with Gasteiger partial charge in [0, 0.05) is 19.3 Å². The molecule has 97 heavy (non-hydrogen) atoms. The highest BCUT2D eigenvalue weighted by atomic mass is 31.2. The lowest BCUT2D eigenvalue weighted by molar-refractivity contribution is -0.161. The molecule has 0 bridgehead atoms. The number of hydrogen-bond acceptors (Lipinski definition) is 14. The quantitative estimate of drug-likeness (QED) is 0.0146. The number of hydrogen-bond donors (Lipinski definition) is 4. The van der Waals surface area contributed by atoms with Gasteiger partial charge in [0.2, 0.25) is 0 Å². The van der Waals surface area contributed by atoms with Gasteiger partial charge in [-0.25, -0.2) is 9.13 Å². The lowest BCUT2D eigenvalue weighted by atomic mass is 10.1. The van der Waals surface area contributed by atoms with Crippen LogP contribution in [0.4, 0.5) is 0 Å². The number of phosphoric ester groups is 2. The molecular formula is C79H136O16P2. The smallest absolute Gasteiger partial charge is 0.463 e. The molecule has 0 amide bonds. The van der Waals surface area contributed by atoms with Crippen LogP contribution in [0.15, 0.2) is 122 Å². The van der Waals surface area contributed by atoms with Crippen molar-refractivity contribution in [3.8, 4) is 0 Å². The molecule has 0 saturated carbocycles. The van der Waals surface area contributed by atoms with Gasteiger partial charge in [0.15, 0.2) is 6.10 Å². The first-order valence-corrected chi connectivity index (χ1v) is 40.8. The van der Waals surface area contributed by atoms with Crippen LogP contribution in [0.2, 0.25) is 0 Å². The highest BCUT2D eigenvalue weighted by Gasteiger charge is 2.29. The first-order chi connectivity index (χ1) is 47.2. The Bertz CT molecular complexity index is 2250. The summed E-state index contributed by atoms with van der Waals surface area (Å²) in [6, 6.07) is 0. The summed E-state index contributed by atoms with van der Waals surface area (Å²) in [6.45, 7) is 2.51. The van der Waals surface area contributed by atoms with E-state index in [2.05, 4.69) is 142 Å². The fourth-order valence-electron chi connectivity index (χ4n) is 9.91. The second-order valence-electron chi connectivity index (χ2n) is 25.1. The molecule has 0 aliphatic heterocycles. The van der Waals surface area contributed by atoms with Crippen molar-refractivity contribution < 1.29 is 75.8 Å². The van der Waals surface area contributed by atoms with E-state index in [1.165, 1.54) is 96.3 Å². The van der Waals surface area contributed by atoms with Gasteiger partial charge in [-0.3, -0.25) is 32.5 Å². The van der Waals surface area contributed by atoms with Gasteiger partial charge in [-0.2, -0.15) is 0 Å². The number of carbonyl (C=O) groups is 3. The van der Waals surface area contributed by atoms with Gasteiger partial charge < -0.3 is 34.2 Å². The largest absolute Gasteiger partial charge is 0.472 e. The van der Waals surface area contributed by atoms with Crippen LogP contribution in [-0.4, -0.2) is 95.9 Å². The number of aliphatic hydroxyl groups is 2. The molecule has 4 N–H and O–H groups in total. The summed E-state index contributed by atoms with van der Waals surface area (Å²) >= 11 is 0. The second-order valence-corrected chi connectivity index (χ2v) is 28.0. The minimum absolute atomic E-state index is 0.101. The topological polar surface area (TPSA) is 231 Å². The zero-order valence-electron chi connectivity index (χ0n) is 60.7. The predicted octanol–water partition coefficient (Wildman–Crippen LogP) is 21.8. The van der Waals surface area contributed by atoms with Crippen molar-refractivity contribution in [3.63, 3.8) is 0 Å². The van der Waals surface area contributed by atoms with Crippen LogP contribution in [0.25, 0.3) is 0 Å². The summed E-state index contributed by atoms with van der Waals surface area (Å²) in [5.74, 6) is -1.60. The Morgan fingerprint density at radius 3 is 0.887 bits per heavy atom. The van der Waals surface area contributed by atoms with Crippen LogP contribution in [0.5, 0.6) is 0 Å². The number of unbranched alkanes of at least 4 members (excludes halogenated alkanes) is 28. The second kappa shape index (κ2) is 71.8. The molecule has 0 aliphatic carbocycles. The predicted molar refractivity (Wildman–Crippen MR) is 399 cm³/mol. The minimum atomic E-state index is -4.93. The minimum Gasteiger partial charge on any atom is -0.463 e. The van der Waals surface area contributed by atoms with Crippen LogP contribution in [0, 0.1) is 0 Å². The highest BCUT2D eigenvalue weighted by molar-refractivity contribution is 7.47. The fourth-order valence-corrected chi connectivity index (χ4v) is 11.5. The van der Waals surface area contributed by atoms with Gasteiger partial charge in [-0.1, -0.05) is 290 Å². The Morgan fingerprint density at radius 1 is 0.299 bits per heavy atom. The standard InChI is InChI=1S/C79H136O16P2/c1-4-7-10-13-16-19-22-24-26-28-30-32-33-34-35-36-37-38-39-41-43-44-46-48-51-53-56-59-62-65-77(82)89-68-74(80)69-91-96(85,86)92-70-75(81)71-93-97(87,88)94-73-76(95-79(84)67-64-61-58-55-50-21-18-15-12-9-6-3)72-90-78(83)66-63-60-57-54-52-49-47-45-42-40-31-29-27-25-23-20-17-14-11-8-5-2/h7,10,16-17,19-20,24-27,30-32,34-35,37-38,40,45,47,74-76,80-81H,4-6,8-9,11-15,18,21-23,28-29,33,36,39,41-44,46,48-73H2,1-3H3,(H,85,86)(H,87,88)/b10-7-,19-16-,20-17-,26-24-,27-25-,32-30-,35-34-,38-37-,40-31-,47-45-. The lowest BCUT2D eigenvalue weighted by Gasteiger charge is -2.21. The summed E-state index contributed by atoms with van der Waals surface area (Å²) in [4.78, 5) is 58.5. The van der Waals surface area contributed by atoms with Gasteiger partial charge in [-0.15, -0.1) is 0 Å². The Morgan fingerprint density at radius 2 is 0.546 bits per heavy atom. The van der Waals surface area contributed by atoms with E-state index in [0.29, 0.717) is 19.3 Å². The Labute approximate surface area is 589 Å². The average Bonchev–Trinajstić information content (AvgIpc) is 3.74. The molecule has 16 nitrogen and oxygen atoms in total. The zero-order chi connectivity index (χ0) is 70.9. The number of allylic oxidation sites excluding steroid dienone is 20. The number of esters is 3. The van der Waals surface area contributed by atoms with E-state index in [1.807, 2.05) is 0 Å². The van der Waals surface area contributed by atoms with Crippen molar-refractivity contribution in [1.82, 2.24) is 0 Å². The number of rotatable bonds is 71. The molecule has 0 aromatic rings. The fraction of sp³-hybridized carbons (Fsp3) is 0.709. The van der Waals surface area contributed by atoms with Crippen molar-refractivity contribution in [2.45, 2.75) is 322 Å². The van der Waals surface area contributed by atoms with E-state index in [-0.39, 0.29) is 19.3 Å². The molecule has 0 spiro atoms. The Hall–Kier alpha value is -4.05. The first-order valence-electron chi connectivity index (χ1n) is 37.8. The number of carbonyl (C=O) groups excluding carboxylic acids is 3. The maximum Gasteiger partial charge on any atom is 0.472 e. The van der Waals surface area contributed by atoms with Crippen LogP contribution in [0.1, 0.15) is 303 Å². The van der Waals surface area contributed by atoms with Crippen LogP contribution in [0.3, 0.4) is 0 Å². The summed E-state index contributed by atoms with van der Waals surface area (Å²) < 4.78 is 61.0. The Kier molecular flexibility index (Phi) is 68.8. The molecule has 0 aromatic carbocycles. The molecule has 5 unspecified atom stereocenters. The van der Waals surface area contributed by atoms with E-state index in [0.717, 1.165) is 148 Å². The summed E-state index contributed by atoms with van der Waals surface area (Å²) in [6.07, 6.45) is 84.0. The maximum atomic E-state index is 12.9. The molecule has 0 radical (unpaired) electrons. The maximum absolute atomic E-state index is 12.9. The third-order valence-electron chi connectivity index (χ3n) is 15.7. The van der Waals surface area contributed by atoms with Crippen molar-refractivity contribution in [3.05, 3.63) is 122 Å². The summed E-state index contributed by atoms with van der Waals surface area (Å²) in [5.41, 5.74) is 0. The van der Waals surface area contributed by atoms with Gasteiger partial charge in [-0.05, 0) is 116 Å². The molecule has 0 heterocycles. The molecule has 5 atom stereocenters. The highest BCUT2D eigenvalue weighted by Crippen LogP contribution is 2.45. The van der Waals surface area contributed by atoms with E-state index < -0.39 is 91.5 Å². The first kappa shape index (κ1) is 93.0. The van der Waals surface area contributed by atoms with Crippen LogP contribution < -0.4 is 0 Å². The van der Waals surface area contributed by atoms with Crippen molar-refractivity contribution in [2.75, 3.05) is 39.6 Å². The SMILES string of the molecule is CC/C=C\C/C=C\C/C=C\C/C=C\C/C=C\C/C=C\CCCCCCCCCCCCC(=O)OCC(O)COP(=O)(O)OCC(O)COP(=O)(O)OCC(COC(=O)CCCCCCC/C=C\C/C=C\C/C=C\C/C=C\CCCCC)OC(=O)CCCCCCCCCCCCC. The van der Waals surface area contributed by atoms with E-state index >= 15 is 0 Å². The molecule has 0 aliphatic rings. The van der Waals surface area contributed by atoms with Crippen LogP contribution >= 0.6 is 15.6 Å². The third kappa shape index (κ3) is 73.0. The molecular weight excluding hydrogens is 1270 g/mol. The zero-order valence-corrected chi connectivity index (χ0v) is 62.5. The van der Waals surface area contributed by atoms with E-state index in [9.17, 15) is 43.5 Å².